The highest BCUT2D eigenvalue weighted by molar-refractivity contribution is 5.21. The maximum Gasteiger partial charge on any atom is 0.0992 e. The van der Waals surface area contributed by atoms with Crippen LogP contribution in [0.4, 0.5) is 0 Å². The van der Waals surface area contributed by atoms with Crippen molar-refractivity contribution in [3.8, 4) is 0 Å². The first kappa shape index (κ1) is 14.2. The van der Waals surface area contributed by atoms with Gasteiger partial charge in [-0.05, 0) is 32.8 Å². The maximum atomic E-state index is 10.3. The van der Waals surface area contributed by atoms with Crippen molar-refractivity contribution in [3.63, 3.8) is 0 Å². The van der Waals surface area contributed by atoms with E-state index in [1.807, 2.05) is 37.3 Å². The fourth-order valence-corrected chi connectivity index (χ4v) is 1.87. The van der Waals surface area contributed by atoms with Gasteiger partial charge in [-0.15, -0.1) is 0 Å². The molecule has 96 valence electrons. The van der Waals surface area contributed by atoms with Gasteiger partial charge in [0.2, 0.25) is 0 Å². The minimum absolute atomic E-state index is 0.185. The molecule has 3 N–H and O–H groups in total. The van der Waals surface area contributed by atoms with Crippen molar-refractivity contribution in [2.45, 2.75) is 44.9 Å². The van der Waals surface area contributed by atoms with Crippen LogP contribution in [0, 0.1) is 0 Å². The van der Waals surface area contributed by atoms with Gasteiger partial charge in [-0.1, -0.05) is 30.3 Å². The first-order valence-corrected chi connectivity index (χ1v) is 6.11. The van der Waals surface area contributed by atoms with Gasteiger partial charge in [-0.25, -0.2) is 0 Å². The van der Waals surface area contributed by atoms with Crippen molar-refractivity contribution >= 4 is 0 Å². The van der Waals surface area contributed by atoms with Crippen molar-refractivity contribution < 1.29 is 10.2 Å². The van der Waals surface area contributed by atoms with Gasteiger partial charge in [-0.3, -0.25) is 0 Å². The van der Waals surface area contributed by atoms with E-state index in [9.17, 15) is 10.2 Å². The fourth-order valence-electron chi connectivity index (χ4n) is 1.87. The van der Waals surface area contributed by atoms with E-state index in [-0.39, 0.29) is 12.1 Å². The normalized spacial score (nSPS) is 18.4. The van der Waals surface area contributed by atoms with Crippen LogP contribution in [0.3, 0.4) is 0 Å². The summed E-state index contributed by atoms with van der Waals surface area (Å²) in [5.74, 6) is 0. The molecule has 0 saturated heterocycles. The Morgan fingerprint density at radius 3 is 2.35 bits per heavy atom. The number of aliphatic hydroxyl groups is 2. The van der Waals surface area contributed by atoms with E-state index in [4.69, 9.17) is 0 Å². The predicted octanol–water partition coefficient (Wildman–Crippen LogP) is 1.64. The van der Waals surface area contributed by atoms with Gasteiger partial charge in [0.1, 0.15) is 0 Å². The van der Waals surface area contributed by atoms with E-state index < -0.39 is 5.60 Å². The molecule has 3 unspecified atom stereocenters. The molecule has 17 heavy (non-hydrogen) atoms. The second-order valence-electron chi connectivity index (χ2n) is 5.01. The molecule has 0 spiro atoms. The van der Waals surface area contributed by atoms with Gasteiger partial charge >= 0.3 is 0 Å². The van der Waals surface area contributed by atoms with E-state index >= 15 is 0 Å². The molecule has 3 nitrogen and oxygen atoms in total. The van der Waals surface area contributed by atoms with Crippen molar-refractivity contribution in [2.24, 2.45) is 0 Å². The van der Waals surface area contributed by atoms with Gasteiger partial charge < -0.3 is 15.5 Å². The van der Waals surface area contributed by atoms with Crippen molar-refractivity contribution in [1.82, 2.24) is 5.32 Å². The third-order valence-electron chi connectivity index (χ3n) is 2.89. The third-order valence-corrected chi connectivity index (χ3v) is 2.89. The van der Waals surface area contributed by atoms with E-state index in [0.29, 0.717) is 13.0 Å². The van der Waals surface area contributed by atoms with Crippen LogP contribution >= 0.6 is 0 Å². The zero-order chi connectivity index (χ0) is 12.9. The molecule has 3 atom stereocenters. The first-order chi connectivity index (χ1) is 7.92. The molecule has 0 bridgehead atoms. The summed E-state index contributed by atoms with van der Waals surface area (Å²) in [6.07, 6.45) is 0.365. The van der Waals surface area contributed by atoms with Crippen molar-refractivity contribution in [2.75, 3.05) is 6.54 Å². The lowest BCUT2D eigenvalue weighted by molar-refractivity contribution is 0.0518. The minimum atomic E-state index is -0.881. The molecule has 0 fully saturated rings. The summed E-state index contributed by atoms with van der Waals surface area (Å²) in [5, 5.41) is 22.9. The number of hydrogen-bond donors (Lipinski definition) is 3. The SMILES string of the molecule is CC(O)CC(C)NCC(C)(O)c1ccccc1. The van der Waals surface area contributed by atoms with Gasteiger partial charge in [-0.2, -0.15) is 0 Å². The fraction of sp³-hybridized carbons (Fsp3) is 0.571. The van der Waals surface area contributed by atoms with E-state index in [2.05, 4.69) is 5.32 Å². The molecule has 0 heterocycles. The molecule has 1 aromatic carbocycles. The Balaban J connectivity index is 2.50. The highest BCUT2D eigenvalue weighted by Crippen LogP contribution is 2.19. The van der Waals surface area contributed by atoms with Crippen LogP contribution in [0.2, 0.25) is 0 Å². The van der Waals surface area contributed by atoms with Crippen LogP contribution in [-0.4, -0.2) is 28.9 Å². The Labute approximate surface area is 103 Å². The number of benzene rings is 1. The Morgan fingerprint density at radius 2 is 1.82 bits per heavy atom. The van der Waals surface area contributed by atoms with Crippen LogP contribution in [0.25, 0.3) is 0 Å². The highest BCUT2D eigenvalue weighted by atomic mass is 16.3. The number of hydrogen-bond acceptors (Lipinski definition) is 3. The van der Waals surface area contributed by atoms with Crippen molar-refractivity contribution in [3.05, 3.63) is 35.9 Å². The summed E-state index contributed by atoms with van der Waals surface area (Å²) in [6.45, 7) is 6.05. The Kier molecular flexibility index (Phi) is 5.12. The van der Waals surface area contributed by atoms with Gasteiger partial charge in [0.05, 0.1) is 11.7 Å². The standard InChI is InChI=1S/C14H23NO2/c1-11(9-12(2)16)15-10-14(3,17)13-7-5-4-6-8-13/h4-8,11-12,15-17H,9-10H2,1-3H3. The average molecular weight is 237 g/mol. The lowest BCUT2D eigenvalue weighted by Crippen LogP contribution is -2.40. The number of nitrogens with one attached hydrogen (secondary N) is 1. The molecule has 3 heteroatoms. The average Bonchev–Trinajstić information content (AvgIpc) is 2.27. The van der Waals surface area contributed by atoms with Gasteiger partial charge in [0.25, 0.3) is 0 Å². The number of aliphatic hydroxyl groups excluding tert-OH is 1. The molecule has 0 aliphatic carbocycles. The zero-order valence-electron chi connectivity index (χ0n) is 10.9. The molecule has 1 rings (SSSR count). The van der Waals surface area contributed by atoms with Crippen LogP contribution < -0.4 is 5.32 Å². The topological polar surface area (TPSA) is 52.5 Å². The van der Waals surface area contributed by atoms with Crippen molar-refractivity contribution in [1.29, 1.82) is 0 Å². The highest BCUT2D eigenvalue weighted by Gasteiger charge is 2.23. The predicted molar refractivity (Wildman–Crippen MR) is 69.8 cm³/mol. The lowest BCUT2D eigenvalue weighted by atomic mass is 9.95. The summed E-state index contributed by atoms with van der Waals surface area (Å²) in [7, 11) is 0. The summed E-state index contributed by atoms with van der Waals surface area (Å²) in [6, 6.07) is 9.79. The van der Waals surface area contributed by atoms with Crippen LogP contribution in [0.5, 0.6) is 0 Å². The van der Waals surface area contributed by atoms with E-state index in [1.54, 1.807) is 13.8 Å². The molecule has 0 aliphatic rings. The van der Waals surface area contributed by atoms with E-state index in [0.717, 1.165) is 5.56 Å². The Bertz CT molecular complexity index is 322. The summed E-state index contributed by atoms with van der Waals surface area (Å²) in [4.78, 5) is 0. The molecule has 0 radical (unpaired) electrons. The van der Waals surface area contributed by atoms with Gasteiger partial charge in [0, 0.05) is 12.6 Å². The minimum Gasteiger partial charge on any atom is -0.393 e. The molecule has 0 aromatic heterocycles. The van der Waals surface area contributed by atoms with Crippen LogP contribution in [0.1, 0.15) is 32.8 Å². The van der Waals surface area contributed by atoms with Crippen LogP contribution in [0.15, 0.2) is 30.3 Å². The quantitative estimate of drug-likeness (QED) is 0.705. The Hall–Kier alpha value is -0.900. The first-order valence-electron chi connectivity index (χ1n) is 6.11. The van der Waals surface area contributed by atoms with Crippen LogP contribution in [-0.2, 0) is 5.60 Å². The largest absolute Gasteiger partial charge is 0.393 e. The smallest absolute Gasteiger partial charge is 0.0992 e. The van der Waals surface area contributed by atoms with E-state index in [1.165, 1.54) is 0 Å². The third kappa shape index (κ3) is 4.86. The second-order valence-corrected chi connectivity index (χ2v) is 5.01. The number of rotatable bonds is 6. The summed E-state index contributed by atoms with van der Waals surface area (Å²) in [5.41, 5.74) is 0.0190. The molecule has 0 saturated carbocycles. The summed E-state index contributed by atoms with van der Waals surface area (Å²) >= 11 is 0. The van der Waals surface area contributed by atoms with Gasteiger partial charge in [0.15, 0.2) is 0 Å². The zero-order valence-corrected chi connectivity index (χ0v) is 10.9. The molecular weight excluding hydrogens is 214 g/mol. The monoisotopic (exact) mass is 237 g/mol. The lowest BCUT2D eigenvalue weighted by Gasteiger charge is -2.27. The summed E-state index contributed by atoms with van der Waals surface area (Å²) < 4.78 is 0. The molecule has 0 amide bonds. The maximum absolute atomic E-state index is 10.3. The Morgan fingerprint density at radius 1 is 1.24 bits per heavy atom. The molecule has 1 aromatic rings. The molecule has 0 aliphatic heterocycles. The molecular formula is C14H23NO2. The second kappa shape index (κ2) is 6.15.